The Hall–Kier alpha value is -2.28. The predicted octanol–water partition coefficient (Wildman–Crippen LogP) is 5.82. The zero-order chi connectivity index (χ0) is 16.4. The van der Waals surface area contributed by atoms with Crippen molar-refractivity contribution in [2.75, 3.05) is 5.32 Å². The summed E-state index contributed by atoms with van der Waals surface area (Å²) in [6.07, 6.45) is 6.83. The Kier molecular flexibility index (Phi) is 4.38. The minimum Gasteiger partial charge on any atom is -0.381 e. The number of benzene rings is 2. The first-order valence-corrected chi connectivity index (χ1v) is 8.31. The highest BCUT2D eigenvalue weighted by Gasteiger charge is 2.13. The van der Waals surface area contributed by atoms with Gasteiger partial charge in [-0.2, -0.15) is 0 Å². The summed E-state index contributed by atoms with van der Waals surface area (Å²) in [5, 5.41) is 3.66. The van der Waals surface area contributed by atoms with E-state index in [1.54, 1.807) is 0 Å². The molecule has 0 fully saturated rings. The van der Waals surface area contributed by atoms with Crippen LogP contribution in [0.3, 0.4) is 0 Å². The molecule has 1 nitrogen and oxygen atoms in total. The molecule has 1 unspecified atom stereocenters. The largest absolute Gasteiger partial charge is 0.381 e. The van der Waals surface area contributed by atoms with Gasteiger partial charge in [-0.25, -0.2) is 0 Å². The van der Waals surface area contributed by atoms with E-state index in [9.17, 15) is 0 Å². The maximum Gasteiger partial charge on any atom is 0.0404 e. The van der Waals surface area contributed by atoms with Crippen molar-refractivity contribution in [1.29, 1.82) is 0 Å². The van der Waals surface area contributed by atoms with Gasteiger partial charge in [0.2, 0.25) is 0 Å². The summed E-state index contributed by atoms with van der Waals surface area (Å²) in [6.45, 7) is 9.54. The molecule has 0 amide bonds. The lowest BCUT2D eigenvalue weighted by Gasteiger charge is -2.17. The molecular weight excluding hydrogens is 278 g/mol. The average molecular weight is 303 g/mol. The number of rotatable bonds is 4. The Bertz CT molecular complexity index is 757. The molecule has 0 spiro atoms. The number of allylic oxidation sites excluding steroid dienone is 4. The summed E-state index contributed by atoms with van der Waals surface area (Å²) in [7, 11) is 0. The molecule has 0 saturated carbocycles. The van der Waals surface area contributed by atoms with Crippen LogP contribution in [0.5, 0.6) is 0 Å². The third-order valence-electron chi connectivity index (χ3n) is 4.56. The fourth-order valence-corrected chi connectivity index (χ4v) is 3.51. The van der Waals surface area contributed by atoms with E-state index in [-0.39, 0.29) is 0 Å². The third-order valence-corrected chi connectivity index (χ3v) is 4.56. The highest BCUT2D eigenvalue weighted by atomic mass is 14.9. The monoisotopic (exact) mass is 303 g/mol. The zero-order valence-corrected chi connectivity index (χ0v) is 14.5. The van der Waals surface area contributed by atoms with Crippen LogP contribution >= 0.6 is 0 Å². The molecular formula is C22H25N. The van der Waals surface area contributed by atoms with Crippen molar-refractivity contribution in [3.8, 4) is 0 Å². The SMILES string of the molecule is CC1=CC(c2ccccc2CNc2c(C)cc(C)cc2C)C=C1. The fourth-order valence-electron chi connectivity index (χ4n) is 3.51. The van der Waals surface area contributed by atoms with Gasteiger partial charge in [-0.1, -0.05) is 65.8 Å². The minimum atomic E-state index is 0.410. The van der Waals surface area contributed by atoms with Crippen molar-refractivity contribution in [3.05, 3.63) is 88.0 Å². The van der Waals surface area contributed by atoms with Gasteiger partial charge in [-0.15, -0.1) is 0 Å². The summed E-state index contributed by atoms with van der Waals surface area (Å²) in [5.74, 6) is 0.410. The van der Waals surface area contributed by atoms with Gasteiger partial charge in [0.25, 0.3) is 0 Å². The predicted molar refractivity (Wildman–Crippen MR) is 100 cm³/mol. The quantitative estimate of drug-likeness (QED) is 0.750. The van der Waals surface area contributed by atoms with E-state index in [0.717, 1.165) is 6.54 Å². The molecule has 0 saturated heterocycles. The lowest BCUT2D eigenvalue weighted by molar-refractivity contribution is 1.02. The molecule has 0 radical (unpaired) electrons. The van der Waals surface area contributed by atoms with Gasteiger partial charge in [0, 0.05) is 18.2 Å². The molecule has 1 aliphatic rings. The molecule has 1 atom stereocenters. The molecule has 1 aliphatic carbocycles. The van der Waals surface area contributed by atoms with Gasteiger partial charge in [-0.3, -0.25) is 0 Å². The first-order chi connectivity index (χ1) is 11.0. The Labute approximate surface area is 139 Å². The summed E-state index contributed by atoms with van der Waals surface area (Å²) in [6, 6.07) is 13.2. The van der Waals surface area contributed by atoms with Crippen LogP contribution in [-0.4, -0.2) is 0 Å². The zero-order valence-electron chi connectivity index (χ0n) is 14.5. The van der Waals surface area contributed by atoms with Crippen LogP contribution in [0.25, 0.3) is 0 Å². The van der Waals surface area contributed by atoms with E-state index in [0.29, 0.717) is 5.92 Å². The standard InChI is InChI=1S/C22H25N/c1-15-9-10-19(13-15)21-8-6-5-7-20(21)14-23-22-17(3)11-16(2)12-18(22)4/h5-13,19,23H,14H2,1-4H3. The number of hydrogen-bond acceptors (Lipinski definition) is 1. The number of anilines is 1. The first-order valence-electron chi connectivity index (χ1n) is 8.31. The van der Waals surface area contributed by atoms with Gasteiger partial charge >= 0.3 is 0 Å². The summed E-state index contributed by atoms with van der Waals surface area (Å²) in [5.41, 5.74) is 9.33. The molecule has 2 aromatic rings. The molecule has 0 bridgehead atoms. The van der Waals surface area contributed by atoms with Crippen molar-refractivity contribution in [1.82, 2.24) is 0 Å². The summed E-state index contributed by atoms with van der Waals surface area (Å²) in [4.78, 5) is 0. The molecule has 0 aromatic heterocycles. The Morgan fingerprint density at radius 2 is 1.65 bits per heavy atom. The van der Waals surface area contributed by atoms with E-state index in [4.69, 9.17) is 0 Å². The number of aryl methyl sites for hydroxylation is 3. The van der Waals surface area contributed by atoms with Gasteiger partial charge < -0.3 is 5.32 Å². The molecule has 118 valence electrons. The topological polar surface area (TPSA) is 12.0 Å². The van der Waals surface area contributed by atoms with Crippen LogP contribution in [0.1, 0.15) is 40.7 Å². The van der Waals surface area contributed by atoms with Crippen LogP contribution in [0.2, 0.25) is 0 Å². The Morgan fingerprint density at radius 1 is 0.957 bits per heavy atom. The molecule has 0 heterocycles. The van der Waals surface area contributed by atoms with Gasteiger partial charge in [-0.05, 0) is 49.9 Å². The first kappa shape index (κ1) is 15.6. The second-order valence-electron chi connectivity index (χ2n) is 6.62. The van der Waals surface area contributed by atoms with Crippen molar-refractivity contribution >= 4 is 5.69 Å². The van der Waals surface area contributed by atoms with Crippen LogP contribution in [-0.2, 0) is 6.54 Å². The molecule has 3 rings (SSSR count). The Balaban J connectivity index is 1.84. The maximum absolute atomic E-state index is 3.66. The third kappa shape index (κ3) is 3.39. The second kappa shape index (κ2) is 6.45. The summed E-state index contributed by atoms with van der Waals surface area (Å²) >= 11 is 0. The van der Waals surface area contributed by atoms with E-state index >= 15 is 0 Å². The molecule has 2 aromatic carbocycles. The minimum absolute atomic E-state index is 0.410. The highest BCUT2D eigenvalue weighted by Crippen LogP contribution is 2.30. The normalized spacial score (nSPS) is 16.5. The maximum atomic E-state index is 3.66. The number of hydrogen-bond donors (Lipinski definition) is 1. The summed E-state index contributed by atoms with van der Waals surface area (Å²) < 4.78 is 0. The average Bonchev–Trinajstić information content (AvgIpc) is 2.93. The van der Waals surface area contributed by atoms with Crippen LogP contribution < -0.4 is 5.32 Å². The van der Waals surface area contributed by atoms with Crippen molar-refractivity contribution < 1.29 is 0 Å². The molecule has 0 aliphatic heterocycles. The lowest BCUT2D eigenvalue weighted by atomic mass is 9.95. The fraction of sp³-hybridized carbons (Fsp3) is 0.273. The molecule has 1 N–H and O–H groups in total. The smallest absolute Gasteiger partial charge is 0.0404 e. The second-order valence-corrected chi connectivity index (χ2v) is 6.62. The van der Waals surface area contributed by atoms with E-state index < -0.39 is 0 Å². The lowest BCUT2D eigenvalue weighted by Crippen LogP contribution is -2.06. The molecule has 23 heavy (non-hydrogen) atoms. The number of nitrogens with one attached hydrogen (secondary N) is 1. The van der Waals surface area contributed by atoms with Gasteiger partial charge in [0.05, 0.1) is 0 Å². The van der Waals surface area contributed by atoms with Crippen LogP contribution in [0.4, 0.5) is 5.69 Å². The van der Waals surface area contributed by atoms with Crippen molar-refractivity contribution in [2.45, 2.75) is 40.2 Å². The van der Waals surface area contributed by atoms with E-state index in [1.807, 2.05) is 0 Å². The van der Waals surface area contributed by atoms with Crippen LogP contribution in [0.15, 0.2) is 60.2 Å². The van der Waals surface area contributed by atoms with Crippen LogP contribution in [0, 0.1) is 20.8 Å². The van der Waals surface area contributed by atoms with Crippen molar-refractivity contribution in [3.63, 3.8) is 0 Å². The van der Waals surface area contributed by atoms with E-state index in [1.165, 1.54) is 39.1 Å². The molecule has 1 heteroatoms. The van der Waals surface area contributed by atoms with Gasteiger partial charge in [0.15, 0.2) is 0 Å². The van der Waals surface area contributed by atoms with Crippen molar-refractivity contribution in [2.24, 2.45) is 0 Å². The highest BCUT2D eigenvalue weighted by molar-refractivity contribution is 5.58. The Morgan fingerprint density at radius 3 is 2.30 bits per heavy atom. The van der Waals surface area contributed by atoms with Gasteiger partial charge in [0.1, 0.15) is 0 Å². The van der Waals surface area contributed by atoms with E-state index in [2.05, 4.69) is 87.6 Å².